The number of nitrogens with zero attached hydrogens (tertiary/aromatic N) is 4. The number of anilines is 1. The van der Waals surface area contributed by atoms with Crippen LogP contribution in [0.1, 0.15) is 30.5 Å². The number of morpholine rings is 1. The van der Waals surface area contributed by atoms with Crippen LogP contribution in [0.25, 0.3) is 0 Å². The fraction of sp³-hybridized carbons (Fsp3) is 0.750. The van der Waals surface area contributed by atoms with Crippen molar-refractivity contribution in [3.8, 4) is 0 Å². The zero-order valence-corrected chi connectivity index (χ0v) is 12.6. The van der Waals surface area contributed by atoms with Crippen molar-refractivity contribution < 1.29 is 4.74 Å². The van der Waals surface area contributed by atoms with Gasteiger partial charge in [0, 0.05) is 43.5 Å². The van der Waals surface area contributed by atoms with Gasteiger partial charge in [0.25, 0.3) is 0 Å². The molecular formula is C16H24N4O. The average molecular weight is 288 g/mol. The molecule has 114 valence electrons. The second kappa shape index (κ2) is 5.89. The average Bonchev–Trinajstić information content (AvgIpc) is 3.05. The highest BCUT2D eigenvalue weighted by Crippen LogP contribution is 2.30. The summed E-state index contributed by atoms with van der Waals surface area (Å²) in [6.07, 6.45) is 7.87. The molecule has 1 aromatic heterocycles. The summed E-state index contributed by atoms with van der Waals surface area (Å²) >= 11 is 0. The standard InChI is InChI=1S/C16H24N4O/c1-2-4-15-14(3-1)16(18-12-17-15)20-6-5-13(11-20)19-7-9-21-10-8-19/h12-13H,1-11H2. The number of ether oxygens (including phenoxy) is 1. The molecule has 5 nitrogen and oxygen atoms in total. The summed E-state index contributed by atoms with van der Waals surface area (Å²) in [7, 11) is 0. The second-order valence-corrected chi connectivity index (χ2v) is 6.37. The van der Waals surface area contributed by atoms with E-state index in [4.69, 9.17) is 4.74 Å². The zero-order chi connectivity index (χ0) is 14.1. The molecule has 1 atom stereocenters. The summed E-state index contributed by atoms with van der Waals surface area (Å²) < 4.78 is 5.47. The lowest BCUT2D eigenvalue weighted by Crippen LogP contribution is -2.44. The van der Waals surface area contributed by atoms with Crippen LogP contribution in [0.5, 0.6) is 0 Å². The van der Waals surface area contributed by atoms with Gasteiger partial charge >= 0.3 is 0 Å². The van der Waals surface area contributed by atoms with Crippen molar-refractivity contribution in [3.63, 3.8) is 0 Å². The maximum Gasteiger partial charge on any atom is 0.135 e. The van der Waals surface area contributed by atoms with Crippen LogP contribution in [0, 0.1) is 0 Å². The van der Waals surface area contributed by atoms with Crippen LogP contribution >= 0.6 is 0 Å². The maximum absolute atomic E-state index is 5.47. The molecule has 1 unspecified atom stereocenters. The molecule has 1 aliphatic carbocycles. The molecule has 4 rings (SSSR count). The SMILES string of the molecule is c1nc2c(c(N3CCC(N4CCOCC4)C3)n1)CCCC2. The van der Waals surface area contributed by atoms with Crippen LogP contribution in [-0.2, 0) is 17.6 Å². The molecule has 0 N–H and O–H groups in total. The molecule has 0 amide bonds. The van der Waals surface area contributed by atoms with E-state index in [1.807, 2.05) is 0 Å². The molecule has 0 saturated carbocycles. The van der Waals surface area contributed by atoms with Gasteiger partial charge in [-0.3, -0.25) is 4.90 Å². The Balaban J connectivity index is 1.50. The smallest absolute Gasteiger partial charge is 0.135 e. The van der Waals surface area contributed by atoms with Crippen LogP contribution in [0.2, 0.25) is 0 Å². The van der Waals surface area contributed by atoms with E-state index in [0.717, 1.165) is 52.2 Å². The third-order valence-corrected chi connectivity index (χ3v) is 5.13. The molecule has 5 heteroatoms. The van der Waals surface area contributed by atoms with Gasteiger partial charge in [-0.15, -0.1) is 0 Å². The predicted octanol–water partition coefficient (Wildman–Crippen LogP) is 1.27. The lowest BCUT2D eigenvalue weighted by Gasteiger charge is -2.32. The van der Waals surface area contributed by atoms with E-state index in [9.17, 15) is 0 Å². The molecule has 0 radical (unpaired) electrons. The van der Waals surface area contributed by atoms with Crippen LogP contribution in [0.15, 0.2) is 6.33 Å². The molecule has 2 saturated heterocycles. The number of fused-ring (bicyclic) bond motifs is 1. The Morgan fingerprint density at radius 3 is 2.81 bits per heavy atom. The van der Waals surface area contributed by atoms with Crippen LogP contribution in [0.4, 0.5) is 5.82 Å². The monoisotopic (exact) mass is 288 g/mol. The number of aryl methyl sites for hydroxylation is 1. The summed E-state index contributed by atoms with van der Waals surface area (Å²) in [5.41, 5.74) is 2.72. The normalized spacial score (nSPS) is 26.9. The molecule has 1 aromatic rings. The van der Waals surface area contributed by atoms with Crippen LogP contribution in [0.3, 0.4) is 0 Å². The molecule has 21 heavy (non-hydrogen) atoms. The van der Waals surface area contributed by atoms with Crippen LogP contribution in [-0.4, -0.2) is 60.3 Å². The fourth-order valence-electron chi connectivity index (χ4n) is 3.95. The molecule has 0 spiro atoms. The van der Waals surface area contributed by atoms with Crippen molar-refractivity contribution in [1.29, 1.82) is 0 Å². The largest absolute Gasteiger partial charge is 0.379 e. The van der Waals surface area contributed by atoms with E-state index >= 15 is 0 Å². The van der Waals surface area contributed by atoms with Crippen molar-refractivity contribution in [2.75, 3.05) is 44.3 Å². The van der Waals surface area contributed by atoms with Crippen molar-refractivity contribution in [1.82, 2.24) is 14.9 Å². The first-order valence-electron chi connectivity index (χ1n) is 8.31. The van der Waals surface area contributed by atoms with E-state index in [0.29, 0.717) is 6.04 Å². The molecule has 2 fully saturated rings. The highest BCUT2D eigenvalue weighted by atomic mass is 16.5. The van der Waals surface area contributed by atoms with Crippen molar-refractivity contribution in [3.05, 3.63) is 17.6 Å². The van der Waals surface area contributed by atoms with Gasteiger partial charge in [-0.05, 0) is 32.1 Å². The first-order valence-corrected chi connectivity index (χ1v) is 8.31. The van der Waals surface area contributed by atoms with E-state index in [2.05, 4.69) is 19.8 Å². The first-order chi connectivity index (χ1) is 10.4. The minimum Gasteiger partial charge on any atom is -0.379 e. The lowest BCUT2D eigenvalue weighted by molar-refractivity contribution is 0.0209. The van der Waals surface area contributed by atoms with Gasteiger partial charge in [-0.2, -0.15) is 0 Å². The summed E-state index contributed by atoms with van der Waals surface area (Å²) in [5, 5.41) is 0. The number of hydrogen-bond acceptors (Lipinski definition) is 5. The van der Waals surface area contributed by atoms with Gasteiger partial charge in [0.05, 0.1) is 13.2 Å². The Bertz CT molecular complexity index is 501. The Labute approximate surface area is 126 Å². The van der Waals surface area contributed by atoms with Gasteiger partial charge in [0.1, 0.15) is 12.1 Å². The summed E-state index contributed by atoms with van der Waals surface area (Å²) in [6, 6.07) is 0.670. The molecular weight excluding hydrogens is 264 g/mol. The predicted molar refractivity (Wildman–Crippen MR) is 81.7 cm³/mol. The van der Waals surface area contributed by atoms with Gasteiger partial charge in [-0.25, -0.2) is 9.97 Å². The van der Waals surface area contributed by atoms with Gasteiger partial charge in [0.2, 0.25) is 0 Å². The number of aromatic nitrogens is 2. The molecule has 3 aliphatic rings. The molecule has 0 aromatic carbocycles. The topological polar surface area (TPSA) is 41.5 Å². The van der Waals surface area contributed by atoms with Crippen LogP contribution < -0.4 is 4.90 Å². The van der Waals surface area contributed by atoms with E-state index < -0.39 is 0 Å². The van der Waals surface area contributed by atoms with E-state index in [1.54, 1.807) is 6.33 Å². The third-order valence-electron chi connectivity index (χ3n) is 5.13. The first kappa shape index (κ1) is 13.5. The minimum atomic E-state index is 0.670. The van der Waals surface area contributed by atoms with E-state index in [1.165, 1.54) is 36.3 Å². The summed E-state index contributed by atoms with van der Waals surface area (Å²) in [6.45, 7) is 6.19. The van der Waals surface area contributed by atoms with Gasteiger partial charge in [-0.1, -0.05) is 0 Å². The second-order valence-electron chi connectivity index (χ2n) is 6.37. The Hall–Kier alpha value is -1.20. The molecule has 3 heterocycles. The quantitative estimate of drug-likeness (QED) is 0.820. The summed E-state index contributed by atoms with van der Waals surface area (Å²) in [4.78, 5) is 14.2. The minimum absolute atomic E-state index is 0.670. The Kier molecular flexibility index (Phi) is 3.78. The summed E-state index contributed by atoms with van der Waals surface area (Å²) in [5.74, 6) is 1.22. The highest BCUT2D eigenvalue weighted by Gasteiger charge is 2.31. The highest BCUT2D eigenvalue weighted by molar-refractivity contribution is 5.50. The van der Waals surface area contributed by atoms with Crippen molar-refractivity contribution in [2.24, 2.45) is 0 Å². The number of rotatable bonds is 2. The Morgan fingerprint density at radius 1 is 1.05 bits per heavy atom. The van der Waals surface area contributed by atoms with E-state index in [-0.39, 0.29) is 0 Å². The maximum atomic E-state index is 5.47. The van der Waals surface area contributed by atoms with Gasteiger partial charge in [0.15, 0.2) is 0 Å². The van der Waals surface area contributed by atoms with Crippen molar-refractivity contribution >= 4 is 5.82 Å². The van der Waals surface area contributed by atoms with Crippen molar-refractivity contribution in [2.45, 2.75) is 38.1 Å². The molecule has 2 aliphatic heterocycles. The third kappa shape index (κ3) is 2.64. The molecule has 0 bridgehead atoms. The number of hydrogen-bond donors (Lipinski definition) is 0. The fourth-order valence-corrected chi connectivity index (χ4v) is 3.95. The lowest BCUT2D eigenvalue weighted by atomic mass is 9.96. The van der Waals surface area contributed by atoms with Gasteiger partial charge < -0.3 is 9.64 Å². The zero-order valence-electron chi connectivity index (χ0n) is 12.6. The Morgan fingerprint density at radius 2 is 1.90 bits per heavy atom.